The molecule has 0 bridgehead atoms. The molecule has 0 saturated carbocycles. The first kappa shape index (κ1) is 14.8. The van der Waals surface area contributed by atoms with Crippen molar-refractivity contribution in [2.75, 3.05) is 20.8 Å². The summed E-state index contributed by atoms with van der Waals surface area (Å²) in [4.78, 5) is 0. The van der Waals surface area contributed by atoms with Crippen molar-refractivity contribution < 1.29 is 9.47 Å². The zero-order valence-electron chi connectivity index (χ0n) is 12.1. The van der Waals surface area contributed by atoms with Crippen LogP contribution in [0.25, 0.3) is 0 Å². The molecule has 3 heteroatoms. The molecule has 18 heavy (non-hydrogen) atoms. The second-order valence-corrected chi connectivity index (χ2v) is 4.65. The Balaban J connectivity index is 2.82. The SMILES string of the molecule is CCCNC(C)C(C)c1ccc(OC)c(OC)c1. The first-order valence-electron chi connectivity index (χ1n) is 6.59. The highest BCUT2D eigenvalue weighted by Gasteiger charge is 2.15. The van der Waals surface area contributed by atoms with Gasteiger partial charge in [0, 0.05) is 6.04 Å². The third kappa shape index (κ3) is 3.64. The van der Waals surface area contributed by atoms with Gasteiger partial charge in [0.15, 0.2) is 11.5 Å². The standard InChI is InChI=1S/C15H25NO2/c1-6-9-16-12(3)11(2)13-7-8-14(17-4)15(10-13)18-5/h7-8,10-12,16H,6,9H2,1-5H3. The first-order chi connectivity index (χ1) is 8.63. The summed E-state index contributed by atoms with van der Waals surface area (Å²) in [6.07, 6.45) is 1.16. The van der Waals surface area contributed by atoms with E-state index < -0.39 is 0 Å². The predicted molar refractivity (Wildman–Crippen MR) is 75.7 cm³/mol. The quantitative estimate of drug-likeness (QED) is 0.807. The molecule has 0 spiro atoms. The summed E-state index contributed by atoms with van der Waals surface area (Å²) in [6, 6.07) is 6.59. The molecule has 2 atom stereocenters. The summed E-state index contributed by atoms with van der Waals surface area (Å²) in [5, 5.41) is 3.52. The molecule has 3 nitrogen and oxygen atoms in total. The molecule has 0 heterocycles. The molecule has 0 aliphatic carbocycles. The van der Waals surface area contributed by atoms with E-state index in [2.05, 4.69) is 38.2 Å². The fourth-order valence-electron chi connectivity index (χ4n) is 1.97. The molecule has 0 radical (unpaired) electrons. The number of nitrogens with one attached hydrogen (secondary N) is 1. The minimum atomic E-state index is 0.441. The zero-order valence-corrected chi connectivity index (χ0v) is 12.1. The van der Waals surface area contributed by atoms with Gasteiger partial charge < -0.3 is 14.8 Å². The third-order valence-corrected chi connectivity index (χ3v) is 3.40. The molecule has 0 aliphatic rings. The zero-order chi connectivity index (χ0) is 13.5. The van der Waals surface area contributed by atoms with Crippen LogP contribution in [0.1, 0.15) is 38.7 Å². The van der Waals surface area contributed by atoms with Crippen LogP contribution in [-0.4, -0.2) is 26.8 Å². The third-order valence-electron chi connectivity index (χ3n) is 3.40. The number of hydrogen-bond donors (Lipinski definition) is 1. The Labute approximate surface area is 110 Å². The molecule has 0 aliphatic heterocycles. The molecular weight excluding hydrogens is 226 g/mol. The van der Waals surface area contributed by atoms with Gasteiger partial charge in [0.1, 0.15) is 0 Å². The minimum Gasteiger partial charge on any atom is -0.493 e. The number of ether oxygens (including phenoxy) is 2. The van der Waals surface area contributed by atoms with E-state index in [1.807, 2.05) is 6.07 Å². The Kier molecular flexibility index (Phi) is 5.99. The van der Waals surface area contributed by atoms with E-state index in [1.54, 1.807) is 14.2 Å². The van der Waals surface area contributed by atoms with Gasteiger partial charge in [0.2, 0.25) is 0 Å². The number of hydrogen-bond acceptors (Lipinski definition) is 3. The molecule has 0 fully saturated rings. The van der Waals surface area contributed by atoms with Crippen LogP contribution in [0.2, 0.25) is 0 Å². The van der Waals surface area contributed by atoms with Gasteiger partial charge in [0.05, 0.1) is 14.2 Å². The van der Waals surface area contributed by atoms with Gasteiger partial charge in [-0.3, -0.25) is 0 Å². The molecule has 102 valence electrons. The van der Waals surface area contributed by atoms with E-state index >= 15 is 0 Å². The molecule has 0 aromatic heterocycles. The Hall–Kier alpha value is -1.22. The highest BCUT2D eigenvalue weighted by atomic mass is 16.5. The maximum absolute atomic E-state index is 5.34. The first-order valence-corrected chi connectivity index (χ1v) is 6.59. The van der Waals surface area contributed by atoms with E-state index in [4.69, 9.17) is 9.47 Å². The van der Waals surface area contributed by atoms with Crippen molar-refractivity contribution in [2.24, 2.45) is 0 Å². The van der Waals surface area contributed by atoms with Gasteiger partial charge in [-0.15, -0.1) is 0 Å². The summed E-state index contributed by atoms with van der Waals surface area (Å²) in [7, 11) is 3.33. The molecule has 1 rings (SSSR count). The Bertz CT molecular complexity index is 366. The van der Waals surface area contributed by atoms with Gasteiger partial charge in [-0.1, -0.05) is 19.9 Å². The summed E-state index contributed by atoms with van der Waals surface area (Å²) < 4.78 is 10.6. The van der Waals surface area contributed by atoms with Crippen molar-refractivity contribution in [3.63, 3.8) is 0 Å². The van der Waals surface area contributed by atoms with Crippen molar-refractivity contribution in [3.05, 3.63) is 23.8 Å². The van der Waals surface area contributed by atoms with Crippen LogP contribution < -0.4 is 14.8 Å². The van der Waals surface area contributed by atoms with Crippen LogP contribution in [0.3, 0.4) is 0 Å². The van der Waals surface area contributed by atoms with Crippen LogP contribution >= 0.6 is 0 Å². The number of benzene rings is 1. The van der Waals surface area contributed by atoms with Crippen molar-refractivity contribution in [2.45, 2.75) is 39.2 Å². The summed E-state index contributed by atoms with van der Waals surface area (Å²) in [5.74, 6) is 2.02. The van der Waals surface area contributed by atoms with Crippen molar-refractivity contribution in [1.82, 2.24) is 5.32 Å². The maximum atomic E-state index is 5.34. The molecule has 0 amide bonds. The Morgan fingerprint density at radius 1 is 1.11 bits per heavy atom. The maximum Gasteiger partial charge on any atom is 0.160 e. The van der Waals surface area contributed by atoms with E-state index in [1.165, 1.54) is 5.56 Å². The number of methoxy groups -OCH3 is 2. The summed E-state index contributed by atoms with van der Waals surface area (Å²) in [5.41, 5.74) is 1.27. The highest BCUT2D eigenvalue weighted by molar-refractivity contribution is 5.44. The monoisotopic (exact) mass is 251 g/mol. The lowest BCUT2D eigenvalue weighted by molar-refractivity contribution is 0.353. The molecule has 1 N–H and O–H groups in total. The normalized spacial score (nSPS) is 14.1. The fourth-order valence-corrected chi connectivity index (χ4v) is 1.97. The summed E-state index contributed by atoms with van der Waals surface area (Å²) in [6.45, 7) is 7.69. The average molecular weight is 251 g/mol. The number of rotatable bonds is 7. The van der Waals surface area contributed by atoms with Crippen LogP contribution in [-0.2, 0) is 0 Å². The van der Waals surface area contributed by atoms with Crippen LogP contribution in [0.4, 0.5) is 0 Å². The van der Waals surface area contributed by atoms with Crippen molar-refractivity contribution in [3.8, 4) is 11.5 Å². The highest BCUT2D eigenvalue weighted by Crippen LogP contribution is 2.31. The van der Waals surface area contributed by atoms with E-state index in [0.717, 1.165) is 24.5 Å². The molecular formula is C15H25NO2. The van der Waals surface area contributed by atoms with Gasteiger partial charge >= 0.3 is 0 Å². The largest absolute Gasteiger partial charge is 0.493 e. The van der Waals surface area contributed by atoms with Crippen molar-refractivity contribution in [1.29, 1.82) is 0 Å². The van der Waals surface area contributed by atoms with E-state index in [9.17, 15) is 0 Å². The van der Waals surface area contributed by atoms with Gasteiger partial charge in [-0.2, -0.15) is 0 Å². The lowest BCUT2D eigenvalue weighted by Gasteiger charge is -2.22. The van der Waals surface area contributed by atoms with Crippen LogP contribution in [0, 0.1) is 0 Å². The van der Waals surface area contributed by atoms with Crippen LogP contribution in [0.15, 0.2) is 18.2 Å². The fraction of sp³-hybridized carbons (Fsp3) is 0.600. The van der Waals surface area contributed by atoms with Gasteiger partial charge in [0.25, 0.3) is 0 Å². The average Bonchev–Trinajstić information content (AvgIpc) is 2.42. The predicted octanol–water partition coefficient (Wildman–Crippen LogP) is 3.20. The second-order valence-electron chi connectivity index (χ2n) is 4.65. The Morgan fingerprint density at radius 3 is 2.33 bits per heavy atom. The van der Waals surface area contributed by atoms with Crippen LogP contribution in [0.5, 0.6) is 11.5 Å². The van der Waals surface area contributed by atoms with E-state index in [-0.39, 0.29) is 0 Å². The summed E-state index contributed by atoms with van der Waals surface area (Å²) >= 11 is 0. The smallest absolute Gasteiger partial charge is 0.160 e. The van der Waals surface area contributed by atoms with Gasteiger partial charge in [-0.05, 0) is 43.5 Å². The molecule has 1 aromatic rings. The van der Waals surface area contributed by atoms with Gasteiger partial charge in [-0.25, -0.2) is 0 Å². The molecule has 2 unspecified atom stereocenters. The lowest BCUT2D eigenvalue weighted by atomic mass is 9.94. The topological polar surface area (TPSA) is 30.5 Å². The second kappa shape index (κ2) is 7.27. The van der Waals surface area contributed by atoms with Crippen molar-refractivity contribution >= 4 is 0 Å². The molecule has 1 aromatic carbocycles. The lowest BCUT2D eigenvalue weighted by Crippen LogP contribution is -2.31. The Morgan fingerprint density at radius 2 is 1.78 bits per heavy atom. The minimum absolute atomic E-state index is 0.441. The van der Waals surface area contributed by atoms with E-state index in [0.29, 0.717) is 12.0 Å². The molecule has 0 saturated heterocycles.